The van der Waals surface area contributed by atoms with Crippen molar-refractivity contribution in [1.29, 1.82) is 0 Å². The quantitative estimate of drug-likeness (QED) is 0.740. The predicted octanol–water partition coefficient (Wildman–Crippen LogP) is 5.26. The lowest BCUT2D eigenvalue weighted by atomic mass is 10.4. The SMILES string of the molecule is CC(C)[Si](OCc1cc2ncccc2[nH]1)(C(C)C)C(C)C. The fraction of sp³-hybridized carbons (Fsp3) is 0.588. The lowest BCUT2D eigenvalue weighted by molar-refractivity contribution is 0.262. The summed E-state index contributed by atoms with van der Waals surface area (Å²) < 4.78 is 6.61. The zero-order valence-corrected chi connectivity index (χ0v) is 15.1. The Bertz CT molecular complexity index is 534. The van der Waals surface area contributed by atoms with Gasteiger partial charge < -0.3 is 9.41 Å². The fourth-order valence-corrected chi connectivity index (χ4v) is 9.20. The van der Waals surface area contributed by atoms with Gasteiger partial charge in [0.1, 0.15) is 0 Å². The Morgan fingerprint density at radius 2 is 1.71 bits per heavy atom. The summed E-state index contributed by atoms with van der Waals surface area (Å²) in [5, 5.41) is 0. The van der Waals surface area contributed by atoms with Crippen LogP contribution in [0.2, 0.25) is 16.6 Å². The first-order chi connectivity index (χ1) is 9.87. The van der Waals surface area contributed by atoms with Crippen molar-refractivity contribution in [2.45, 2.75) is 64.8 Å². The number of hydrogen-bond acceptors (Lipinski definition) is 2. The third-order valence-electron chi connectivity index (χ3n) is 4.63. The van der Waals surface area contributed by atoms with Crippen LogP contribution < -0.4 is 0 Å². The summed E-state index contributed by atoms with van der Waals surface area (Å²) in [5.41, 5.74) is 5.06. The molecule has 0 saturated carbocycles. The summed E-state index contributed by atoms with van der Waals surface area (Å²) in [4.78, 5) is 7.80. The molecular weight excluding hydrogens is 276 g/mol. The van der Waals surface area contributed by atoms with E-state index in [4.69, 9.17) is 4.43 Å². The molecule has 0 radical (unpaired) electrons. The predicted molar refractivity (Wildman–Crippen MR) is 91.9 cm³/mol. The third-order valence-corrected chi connectivity index (χ3v) is 10.7. The van der Waals surface area contributed by atoms with Crippen molar-refractivity contribution in [3.8, 4) is 0 Å². The molecule has 116 valence electrons. The van der Waals surface area contributed by atoms with E-state index in [0.717, 1.165) is 16.7 Å². The Hall–Kier alpha value is -1.13. The average molecular weight is 305 g/mol. The maximum atomic E-state index is 6.61. The summed E-state index contributed by atoms with van der Waals surface area (Å²) in [6.07, 6.45) is 1.83. The molecule has 1 N–H and O–H groups in total. The Kier molecular flexibility index (Phi) is 4.89. The number of pyridine rings is 1. The highest BCUT2D eigenvalue weighted by molar-refractivity contribution is 6.77. The van der Waals surface area contributed by atoms with E-state index in [9.17, 15) is 0 Å². The highest BCUT2D eigenvalue weighted by atomic mass is 28.4. The van der Waals surface area contributed by atoms with Crippen LogP contribution in [0.5, 0.6) is 0 Å². The lowest BCUT2D eigenvalue weighted by Gasteiger charge is -2.42. The van der Waals surface area contributed by atoms with Gasteiger partial charge in [0.25, 0.3) is 0 Å². The molecule has 2 rings (SSSR count). The first-order valence-corrected chi connectivity index (χ1v) is 10.1. The first kappa shape index (κ1) is 16.2. The summed E-state index contributed by atoms with van der Waals surface area (Å²) in [7, 11) is -1.80. The highest BCUT2D eigenvalue weighted by Crippen LogP contribution is 2.42. The number of hydrogen-bond donors (Lipinski definition) is 1. The molecule has 0 unspecified atom stereocenters. The van der Waals surface area contributed by atoms with Crippen molar-refractivity contribution >= 4 is 19.4 Å². The topological polar surface area (TPSA) is 37.9 Å². The van der Waals surface area contributed by atoms with Gasteiger partial charge in [-0.25, -0.2) is 0 Å². The molecule has 3 nitrogen and oxygen atoms in total. The number of nitrogens with zero attached hydrogens (tertiary/aromatic N) is 1. The average Bonchev–Trinajstić information content (AvgIpc) is 2.80. The largest absolute Gasteiger partial charge is 0.410 e. The molecular formula is C17H28N2OSi. The number of nitrogens with one attached hydrogen (secondary N) is 1. The standard InChI is InChI=1S/C17H28N2OSi/c1-12(2)21(13(3)4,14(5)6)20-11-15-10-17-16(19-15)8-7-9-18-17/h7-10,12-14,19H,11H2,1-6H3. The Balaban J connectivity index is 2.21. The molecule has 0 fully saturated rings. The second-order valence-corrected chi connectivity index (χ2v) is 12.3. The smallest absolute Gasteiger partial charge is 0.200 e. The number of H-pyrrole nitrogens is 1. The van der Waals surface area contributed by atoms with E-state index < -0.39 is 8.32 Å². The molecule has 21 heavy (non-hydrogen) atoms. The van der Waals surface area contributed by atoms with Crippen molar-refractivity contribution in [3.63, 3.8) is 0 Å². The maximum absolute atomic E-state index is 6.61. The number of rotatable bonds is 6. The van der Waals surface area contributed by atoms with Crippen molar-refractivity contribution < 1.29 is 4.43 Å². The zero-order valence-electron chi connectivity index (χ0n) is 14.1. The van der Waals surface area contributed by atoms with Crippen LogP contribution in [-0.4, -0.2) is 18.3 Å². The molecule has 0 aliphatic heterocycles. The molecule has 4 heteroatoms. The van der Waals surface area contributed by atoms with Gasteiger partial charge in [0.15, 0.2) is 0 Å². The summed E-state index contributed by atoms with van der Waals surface area (Å²) in [6, 6.07) is 6.12. The molecule has 0 aliphatic rings. The van der Waals surface area contributed by atoms with Crippen LogP contribution in [0.15, 0.2) is 24.4 Å². The number of fused-ring (bicyclic) bond motifs is 1. The molecule has 0 atom stereocenters. The van der Waals surface area contributed by atoms with Gasteiger partial charge >= 0.3 is 0 Å². The van der Waals surface area contributed by atoms with Crippen molar-refractivity contribution in [2.75, 3.05) is 0 Å². The van der Waals surface area contributed by atoms with Gasteiger partial charge in [-0.2, -0.15) is 0 Å². The van der Waals surface area contributed by atoms with E-state index in [-0.39, 0.29) is 0 Å². The second-order valence-electron chi connectivity index (χ2n) is 6.84. The van der Waals surface area contributed by atoms with Gasteiger partial charge in [0.2, 0.25) is 8.32 Å². The van der Waals surface area contributed by atoms with E-state index in [1.807, 2.05) is 12.3 Å². The van der Waals surface area contributed by atoms with Crippen LogP contribution in [0.25, 0.3) is 11.0 Å². The van der Waals surface area contributed by atoms with Crippen LogP contribution in [-0.2, 0) is 11.0 Å². The Labute approximate surface area is 129 Å². The molecule has 0 amide bonds. The van der Waals surface area contributed by atoms with E-state index in [1.54, 1.807) is 0 Å². The van der Waals surface area contributed by atoms with Gasteiger partial charge in [-0.05, 0) is 34.8 Å². The molecule has 2 aromatic rings. The minimum Gasteiger partial charge on any atom is -0.410 e. The molecule has 0 saturated heterocycles. The summed E-state index contributed by atoms with van der Waals surface area (Å²) >= 11 is 0. The van der Waals surface area contributed by atoms with Crippen LogP contribution in [0, 0.1) is 0 Å². The Morgan fingerprint density at radius 3 is 2.24 bits per heavy atom. The maximum Gasteiger partial charge on any atom is 0.200 e. The second kappa shape index (κ2) is 6.32. The molecule has 2 heterocycles. The van der Waals surface area contributed by atoms with Gasteiger partial charge in [0.05, 0.1) is 17.6 Å². The lowest BCUT2D eigenvalue weighted by Crippen LogP contribution is -2.47. The van der Waals surface area contributed by atoms with Crippen LogP contribution in [0.4, 0.5) is 0 Å². The van der Waals surface area contributed by atoms with E-state index in [1.165, 1.54) is 0 Å². The zero-order chi connectivity index (χ0) is 15.6. The van der Waals surface area contributed by atoms with Gasteiger partial charge in [0, 0.05) is 11.9 Å². The van der Waals surface area contributed by atoms with E-state index >= 15 is 0 Å². The van der Waals surface area contributed by atoms with Crippen molar-refractivity contribution in [3.05, 3.63) is 30.1 Å². The first-order valence-electron chi connectivity index (χ1n) is 7.94. The normalized spacial score (nSPS) is 13.0. The Morgan fingerprint density at radius 1 is 1.10 bits per heavy atom. The summed E-state index contributed by atoms with van der Waals surface area (Å²) in [6.45, 7) is 14.6. The molecule has 2 aromatic heterocycles. The van der Waals surface area contributed by atoms with Gasteiger partial charge in [-0.1, -0.05) is 41.5 Å². The van der Waals surface area contributed by atoms with E-state index in [0.29, 0.717) is 23.2 Å². The van der Waals surface area contributed by atoms with Gasteiger partial charge in [-0.15, -0.1) is 0 Å². The van der Waals surface area contributed by atoms with Crippen LogP contribution in [0.3, 0.4) is 0 Å². The minimum atomic E-state index is -1.80. The van der Waals surface area contributed by atoms with Crippen LogP contribution >= 0.6 is 0 Å². The molecule has 0 aromatic carbocycles. The summed E-state index contributed by atoms with van der Waals surface area (Å²) in [5.74, 6) is 0. The van der Waals surface area contributed by atoms with E-state index in [2.05, 4.69) is 63.6 Å². The monoisotopic (exact) mass is 304 g/mol. The minimum absolute atomic E-state index is 0.611. The van der Waals surface area contributed by atoms with Gasteiger partial charge in [-0.3, -0.25) is 4.98 Å². The fourth-order valence-electron chi connectivity index (χ4n) is 3.79. The molecule has 0 spiro atoms. The van der Waals surface area contributed by atoms with Crippen LogP contribution in [0.1, 0.15) is 47.2 Å². The number of aromatic nitrogens is 2. The highest BCUT2D eigenvalue weighted by Gasteiger charge is 2.45. The molecule has 0 bridgehead atoms. The number of aromatic amines is 1. The van der Waals surface area contributed by atoms with Crippen molar-refractivity contribution in [1.82, 2.24) is 9.97 Å². The van der Waals surface area contributed by atoms with Crippen molar-refractivity contribution in [2.24, 2.45) is 0 Å². The third kappa shape index (κ3) is 3.06. The molecule has 0 aliphatic carbocycles.